The number of carbonyl (C=O) groups is 1. The highest BCUT2D eigenvalue weighted by Gasteiger charge is 2.23. The molecule has 4 heteroatoms. The van der Waals surface area contributed by atoms with Crippen molar-refractivity contribution in [3.8, 4) is 0 Å². The molecular formula is C18H28N2O2. The van der Waals surface area contributed by atoms with E-state index in [4.69, 9.17) is 4.74 Å². The summed E-state index contributed by atoms with van der Waals surface area (Å²) < 4.78 is 5.80. The zero-order valence-corrected chi connectivity index (χ0v) is 13.8. The number of nitrogens with zero attached hydrogens (tertiary/aromatic N) is 2. The van der Waals surface area contributed by atoms with Crippen molar-refractivity contribution in [1.29, 1.82) is 0 Å². The van der Waals surface area contributed by atoms with E-state index >= 15 is 0 Å². The molecule has 0 N–H and O–H groups in total. The molecule has 0 spiro atoms. The fraction of sp³-hybridized carbons (Fsp3) is 0.667. The molecule has 1 aliphatic heterocycles. The Morgan fingerprint density at radius 1 is 1.41 bits per heavy atom. The second-order valence-electron chi connectivity index (χ2n) is 6.51. The molecule has 4 nitrogen and oxygen atoms in total. The van der Waals surface area contributed by atoms with Gasteiger partial charge < -0.3 is 9.64 Å². The molecule has 1 aromatic heterocycles. The van der Waals surface area contributed by atoms with E-state index in [1.54, 1.807) is 12.4 Å². The molecule has 2 rings (SSSR count). The molecule has 1 fully saturated rings. The van der Waals surface area contributed by atoms with Crippen molar-refractivity contribution >= 4 is 5.91 Å². The second kappa shape index (κ2) is 8.89. The molecule has 1 saturated heterocycles. The van der Waals surface area contributed by atoms with Crippen molar-refractivity contribution in [3.05, 3.63) is 30.1 Å². The Morgan fingerprint density at radius 3 is 2.91 bits per heavy atom. The normalized spacial score (nSPS) is 18.7. The number of aryl methyl sites for hydroxylation is 1. The minimum absolute atomic E-state index is 0.220. The number of rotatable bonds is 7. The number of hydrogen-bond donors (Lipinski definition) is 0. The maximum absolute atomic E-state index is 12.4. The van der Waals surface area contributed by atoms with Gasteiger partial charge in [-0.1, -0.05) is 26.7 Å². The lowest BCUT2D eigenvalue weighted by Crippen LogP contribution is -2.45. The predicted molar refractivity (Wildman–Crippen MR) is 87.6 cm³/mol. The van der Waals surface area contributed by atoms with Crippen molar-refractivity contribution in [2.45, 2.75) is 52.1 Å². The quantitative estimate of drug-likeness (QED) is 0.777. The average Bonchev–Trinajstić information content (AvgIpc) is 2.53. The molecule has 1 atom stereocenters. The van der Waals surface area contributed by atoms with Gasteiger partial charge in [-0.05, 0) is 36.5 Å². The van der Waals surface area contributed by atoms with Crippen LogP contribution in [0.25, 0.3) is 0 Å². The zero-order chi connectivity index (χ0) is 15.8. The molecule has 1 aliphatic rings. The SMILES string of the molecule is CC(C)CCC[C@@H]1CN(C(=O)CCc2ccncc2)CCO1. The van der Waals surface area contributed by atoms with Gasteiger partial charge in [-0.2, -0.15) is 0 Å². The molecule has 0 unspecified atom stereocenters. The highest BCUT2D eigenvalue weighted by molar-refractivity contribution is 5.76. The number of ether oxygens (including phenoxy) is 1. The van der Waals surface area contributed by atoms with Gasteiger partial charge >= 0.3 is 0 Å². The van der Waals surface area contributed by atoms with Crippen LogP contribution in [0.15, 0.2) is 24.5 Å². The highest BCUT2D eigenvalue weighted by Crippen LogP contribution is 2.15. The maximum atomic E-state index is 12.4. The van der Waals surface area contributed by atoms with Crippen LogP contribution in [0.2, 0.25) is 0 Å². The minimum atomic E-state index is 0.220. The van der Waals surface area contributed by atoms with Gasteiger partial charge in [0.2, 0.25) is 5.91 Å². The van der Waals surface area contributed by atoms with E-state index in [-0.39, 0.29) is 12.0 Å². The standard InChI is InChI=1S/C18H28N2O2/c1-15(2)4-3-5-17-14-20(12-13-22-17)18(21)7-6-16-8-10-19-11-9-16/h8-11,15,17H,3-7,12-14H2,1-2H3/t17-/m1/s1. The Balaban J connectivity index is 1.72. The molecule has 0 aliphatic carbocycles. The van der Waals surface area contributed by atoms with E-state index in [0.717, 1.165) is 31.8 Å². The van der Waals surface area contributed by atoms with Gasteiger partial charge in [0.25, 0.3) is 0 Å². The monoisotopic (exact) mass is 304 g/mol. The number of aromatic nitrogens is 1. The first kappa shape index (κ1) is 16.9. The third-order valence-electron chi connectivity index (χ3n) is 4.18. The van der Waals surface area contributed by atoms with Gasteiger partial charge in [-0.25, -0.2) is 0 Å². The summed E-state index contributed by atoms with van der Waals surface area (Å²) in [5.74, 6) is 0.982. The average molecular weight is 304 g/mol. The van der Waals surface area contributed by atoms with Crippen molar-refractivity contribution in [2.75, 3.05) is 19.7 Å². The first-order chi connectivity index (χ1) is 10.6. The van der Waals surface area contributed by atoms with Crippen LogP contribution in [0.3, 0.4) is 0 Å². The predicted octanol–water partition coefficient (Wildman–Crippen LogP) is 3.07. The molecule has 22 heavy (non-hydrogen) atoms. The Labute approximate surface area is 133 Å². The fourth-order valence-electron chi connectivity index (χ4n) is 2.83. The van der Waals surface area contributed by atoms with Crippen LogP contribution in [0, 0.1) is 5.92 Å². The topological polar surface area (TPSA) is 42.4 Å². The third-order valence-corrected chi connectivity index (χ3v) is 4.18. The molecule has 122 valence electrons. The van der Waals surface area contributed by atoms with E-state index in [9.17, 15) is 4.79 Å². The molecule has 0 saturated carbocycles. The van der Waals surface area contributed by atoms with Gasteiger partial charge in [0.1, 0.15) is 0 Å². The van der Waals surface area contributed by atoms with Crippen molar-refractivity contribution in [3.63, 3.8) is 0 Å². The van der Waals surface area contributed by atoms with E-state index in [0.29, 0.717) is 13.0 Å². The smallest absolute Gasteiger partial charge is 0.223 e. The van der Waals surface area contributed by atoms with Gasteiger partial charge in [0.15, 0.2) is 0 Å². The van der Waals surface area contributed by atoms with Crippen LogP contribution in [0.4, 0.5) is 0 Å². The van der Waals surface area contributed by atoms with Crippen LogP contribution in [0.5, 0.6) is 0 Å². The van der Waals surface area contributed by atoms with Gasteiger partial charge in [-0.3, -0.25) is 9.78 Å². The summed E-state index contributed by atoms with van der Waals surface area (Å²) in [4.78, 5) is 18.3. The minimum Gasteiger partial charge on any atom is -0.375 e. The van der Waals surface area contributed by atoms with E-state index in [1.165, 1.54) is 18.4 Å². The number of amides is 1. The number of carbonyl (C=O) groups excluding carboxylic acids is 1. The number of morpholine rings is 1. The Bertz CT molecular complexity index is 448. The van der Waals surface area contributed by atoms with Gasteiger partial charge in [-0.15, -0.1) is 0 Å². The summed E-state index contributed by atoms with van der Waals surface area (Å²) in [6.07, 6.45) is 8.61. The molecule has 1 aromatic rings. The maximum Gasteiger partial charge on any atom is 0.223 e. The van der Waals surface area contributed by atoms with E-state index < -0.39 is 0 Å². The summed E-state index contributed by atoms with van der Waals surface area (Å²) in [7, 11) is 0. The summed E-state index contributed by atoms with van der Waals surface area (Å²) in [6, 6.07) is 3.95. The highest BCUT2D eigenvalue weighted by atomic mass is 16.5. The number of pyridine rings is 1. The molecular weight excluding hydrogens is 276 g/mol. The summed E-state index contributed by atoms with van der Waals surface area (Å²) in [5.41, 5.74) is 1.17. The summed E-state index contributed by atoms with van der Waals surface area (Å²) in [6.45, 7) is 6.66. The fourth-order valence-corrected chi connectivity index (χ4v) is 2.83. The van der Waals surface area contributed by atoms with Crippen LogP contribution in [-0.2, 0) is 16.0 Å². The summed E-state index contributed by atoms with van der Waals surface area (Å²) >= 11 is 0. The van der Waals surface area contributed by atoms with Crippen molar-refractivity contribution in [2.24, 2.45) is 5.92 Å². The number of hydrogen-bond acceptors (Lipinski definition) is 3. The van der Waals surface area contributed by atoms with Crippen LogP contribution >= 0.6 is 0 Å². The lowest BCUT2D eigenvalue weighted by molar-refractivity contribution is -0.139. The molecule has 1 amide bonds. The van der Waals surface area contributed by atoms with Crippen molar-refractivity contribution < 1.29 is 9.53 Å². The Hall–Kier alpha value is -1.42. The van der Waals surface area contributed by atoms with Crippen LogP contribution in [-0.4, -0.2) is 41.6 Å². The molecule has 0 radical (unpaired) electrons. The van der Waals surface area contributed by atoms with Gasteiger partial charge in [0, 0.05) is 31.9 Å². The Morgan fingerprint density at radius 2 is 2.18 bits per heavy atom. The Kier molecular flexibility index (Phi) is 6.84. The first-order valence-electron chi connectivity index (χ1n) is 8.43. The third kappa shape index (κ3) is 5.76. The van der Waals surface area contributed by atoms with Crippen LogP contribution in [0.1, 0.15) is 45.1 Å². The lowest BCUT2D eigenvalue weighted by atomic mass is 10.0. The van der Waals surface area contributed by atoms with Gasteiger partial charge in [0.05, 0.1) is 12.7 Å². The van der Waals surface area contributed by atoms with E-state index in [2.05, 4.69) is 18.8 Å². The molecule has 0 bridgehead atoms. The summed E-state index contributed by atoms with van der Waals surface area (Å²) in [5, 5.41) is 0. The lowest BCUT2D eigenvalue weighted by Gasteiger charge is -2.33. The van der Waals surface area contributed by atoms with E-state index in [1.807, 2.05) is 17.0 Å². The zero-order valence-electron chi connectivity index (χ0n) is 13.8. The molecule has 0 aromatic carbocycles. The molecule has 2 heterocycles. The largest absolute Gasteiger partial charge is 0.375 e. The van der Waals surface area contributed by atoms with Crippen LogP contribution < -0.4 is 0 Å². The first-order valence-corrected chi connectivity index (χ1v) is 8.43. The second-order valence-corrected chi connectivity index (χ2v) is 6.51. The van der Waals surface area contributed by atoms with Crippen molar-refractivity contribution in [1.82, 2.24) is 9.88 Å².